The van der Waals surface area contributed by atoms with Crippen LogP contribution < -0.4 is 10.1 Å². The predicted molar refractivity (Wildman–Crippen MR) is 83.3 cm³/mol. The third kappa shape index (κ3) is 4.44. The zero-order valence-corrected chi connectivity index (χ0v) is 13.0. The van der Waals surface area contributed by atoms with E-state index in [-0.39, 0.29) is 5.91 Å². The molecule has 3 nitrogen and oxygen atoms in total. The van der Waals surface area contributed by atoms with Gasteiger partial charge in [0.15, 0.2) is 0 Å². The number of ether oxygens (including phenoxy) is 1. The SMILES string of the molecule is COc1ccc(SCC(=O)N[C@H]2CCCC[C@H]2C)cc1. The van der Waals surface area contributed by atoms with E-state index in [2.05, 4.69) is 12.2 Å². The second-order valence-electron chi connectivity index (χ2n) is 5.40. The lowest BCUT2D eigenvalue weighted by atomic mass is 9.86. The molecule has 0 bridgehead atoms. The van der Waals surface area contributed by atoms with Gasteiger partial charge in [-0.15, -0.1) is 11.8 Å². The molecule has 1 N–H and O–H groups in total. The Morgan fingerprint density at radius 3 is 2.65 bits per heavy atom. The number of hydrogen-bond donors (Lipinski definition) is 1. The van der Waals surface area contributed by atoms with E-state index < -0.39 is 0 Å². The van der Waals surface area contributed by atoms with Crippen molar-refractivity contribution in [3.05, 3.63) is 24.3 Å². The fourth-order valence-corrected chi connectivity index (χ4v) is 3.31. The first-order chi connectivity index (χ1) is 9.69. The van der Waals surface area contributed by atoms with E-state index >= 15 is 0 Å². The normalized spacial score (nSPS) is 22.3. The summed E-state index contributed by atoms with van der Waals surface area (Å²) in [6, 6.07) is 8.18. The van der Waals surface area contributed by atoms with Crippen LogP contribution in [0.5, 0.6) is 5.75 Å². The molecule has 0 spiro atoms. The second kappa shape index (κ2) is 7.58. The zero-order valence-electron chi connectivity index (χ0n) is 12.2. The Kier molecular flexibility index (Phi) is 5.77. The van der Waals surface area contributed by atoms with Gasteiger partial charge in [-0.3, -0.25) is 4.79 Å². The van der Waals surface area contributed by atoms with Gasteiger partial charge in [-0.1, -0.05) is 19.8 Å². The van der Waals surface area contributed by atoms with Crippen molar-refractivity contribution >= 4 is 17.7 Å². The molecule has 110 valence electrons. The van der Waals surface area contributed by atoms with Crippen molar-refractivity contribution in [2.24, 2.45) is 5.92 Å². The monoisotopic (exact) mass is 293 g/mol. The number of rotatable bonds is 5. The highest BCUT2D eigenvalue weighted by atomic mass is 32.2. The molecular weight excluding hydrogens is 270 g/mol. The molecule has 0 unspecified atom stereocenters. The first-order valence-corrected chi connectivity index (χ1v) is 8.24. The Bertz CT molecular complexity index is 433. The van der Waals surface area contributed by atoms with Gasteiger partial charge in [-0.2, -0.15) is 0 Å². The number of nitrogens with one attached hydrogen (secondary N) is 1. The van der Waals surface area contributed by atoms with Gasteiger partial charge in [0.25, 0.3) is 0 Å². The number of carbonyl (C=O) groups is 1. The van der Waals surface area contributed by atoms with E-state index in [0.29, 0.717) is 17.7 Å². The minimum atomic E-state index is 0.143. The van der Waals surface area contributed by atoms with Gasteiger partial charge in [-0.25, -0.2) is 0 Å². The van der Waals surface area contributed by atoms with Crippen LogP contribution in [0.1, 0.15) is 32.6 Å². The molecule has 2 atom stereocenters. The summed E-state index contributed by atoms with van der Waals surface area (Å²) in [5.41, 5.74) is 0. The summed E-state index contributed by atoms with van der Waals surface area (Å²) >= 11 is 1.57. The highest BCUT2D eigenvalue weighted by Gasteiger charge is 2.22. The third-order valence-corrected chi connectivity index (χ3v) is 4.90. The smallest absolute Gasteiger partial charge is 0.230 e. The van der Waals surface area contributed by atoms with Crippen molar-refractivity contribution in [2.45, 2.75) is 43.5 Å². The summed E-state index contributed by atoms with van der Waals surface area (Å²) in [7, 11) is 1.65. The van der Waals surface area contributed by atoms with E-state index in [4.69, 9.17) is 4.74 Å². The van der Waals surface area contributed by atoms with Crippen LogP contribution in [0.15, 0.2) is 29.2 Å². The topological polar surface area (TPSA) is 38.3 Å². The van der Waals surface area contributed by atoms with Crippen LogP contribution in [0, 0.1) is 5.92 Å². The van der Waals surface area contributed by atoms with Crippen molar-refractivity contribution in [3.63, 3.8) is 0 Å². The quantitative estimate of drug-likeness (QED) is 0.845. The highest BCUT2D eigenvalue weighted by Crippen LogP contribution is 2.24. The number of benzene rings is 1. The van der Waals surface area contributed by atoms with Crippen molar-refractivity contribution in [1.82, 2.24) is 5.32 Å². The van der Waals surface area contributed by atoms with Crippen LogP contribution in [0.3, 0.4) is 0 Å². The molecule has 1 aliphatic rings. The standard InChI is InChI=1S/C16H23NO2S/c1-12-5-3-4-6-15(12)17-16(18)11-20-14-9-7-13(19-2)8-10-14/h7-10,12,15H,3-6,11H2,1-2H3,(H,17,18)/t12-,15+/m1/s1. The summed E-state index contributed by atoms with van der Waals surface area (Å²) in [5.74, 6) is 2.08. The number of hydrogen-bond acceptors (Lipinski definition) is 3. The maximum atomic E-state index is 12.0. The summed E-state index contributed by atoms with van der Waals surface area (Å²) < 4.78 is 5.12. The summed E-state index contributed by atoms with van der Waals surface area (Å²) in [6.45, 7) is 2.24. The van der Waals surface area contributed by atoms with Crippen LogP contribution in [0.2, 0.25) is 0 Å². The molecule has 0 aliphatic heterocycles. The molecule has 0 heterocycles. The number of amides is 1. The molecule has 0 radical (unpaired) electrons. The first-order valence-electron chi connectivity index (χ1n) is 7.25. The van der Waals surface area contributed by atoms with E-state index in [9.17, 15) is 4.79 Å². The molecule has 1 amide bonds. The van der Waals surface area contributed by atoms with Crippen LogP contribution in [0.25, 0.3) is 0 Å². The summed E-state index contributed by atoms with van der Waals surface area (Å²) in [4.78, 5) is 13.1. The van der Waals surface area contributed by atoms with Crippen molar-refractivity contribution in [3.8, 4) is 5.75 Å². The molecule has 4 heteroatoms. The van der Waals surface area contributed by atoms with Crippen molar-refractivity contribution in [2.75, 3.05) is 12.9 Å². The fourth-order valence-electron chi connectivity index (χ4n) is 2.60. The number of methoxy groups -OCH3 is 1. The van der Waals surface area contributed by atoms with E-state index in [1.165, 1.54) is 19.3 Å². The highest BCUT2D eigenvalue weighted by molar-refractivity contribution is 8.00. The molecule has 2 rings (SSSR count). The molecular formula is C16H23NO2S. The summed E-state index contributed by atoms with van der Waals surface area (Å²) in [6.07, 6.45) is 4.89. The van der Waals surface area contributed by atoms with Gasteiger partial charge < -0.3 is 10.1 Å². The number of thioether (sulfide) groups is 1. The average Bonchev–Trinajstić information content (AvgIpc) is 2.48. The van der Waals surface area contributed by atoms with Gasteiger partial charge in [0, 0.05) is 10.9 Å². The van der Waals surface area contributed by atoms with Crippen LogP contribution in [-0.2, 0) is 4.79 Å². The zero-order chi connectivity index (χ0) is 14.4. The molecule has 1 aliphatic carbocycles. The van der Waals surface area contributed by atoms with Gasteiger partial charge >= 0.3 is 0 Å². The van der Waals surface area contributed by atoms with E-state index in [0.717, 1.165) is 17.1 Å². The molecule has 20 heavy (non-hydrogen) atoms. The largest absolute Gasteiger partial charge is 0.497 e. The Balaban J connectivity index is 1.76. The van der Waals surface area contributed by atoms with Gasteiger partial charge in [0.1, 0.15) is 5.75 Å². The average molecular weight is 293 g/mol. The molecule has 1 fully saturated rings. The molecule has 1 aromatic carbocycles. The minimum absolute atomic E-state index is 0.143. The molecule has 0 saturated heterocycles. The Morgan fingerprint density at radius 2 is 2.00 bits per heavy atom. The Hall–Kier alpha value is -1.16. The minimum Gasteiger partial charge on any atom is -0.497 e. The van der Waals surface area contributed by atoms with E-state index in [1.807, 2.05) is 24.3 Å². The Morgan fingerprint density at radius 1 is 1.30 bits per heavy atom. The Labute approximate surface area is 125 Å². The fraction of sp³-hybridized carbons (Fsp3) is 0.562. The molecule has 1 aromatic rings. The first kappa shape index (κ1) is 15.2. The van der Waals surface area contributed by atoms with Gasteiger partial charge in [0.2, 0.25) is 5.91 Å². The van der Waals surface area contributed by atoms with Gasteiger partial charge in [-0.05, 0) is 43.0 Å². The van der Waals surface area contributed by atoms with Crippen LogP contribution in [0.4, 0.5) is 0 Å². The lowest BCUT2D eigenvalue weighted by molar-refractivity contribution is -0.119. The van der Waals surface area contributed by atoms with Crippen LogP contribution >= 0.6 is 11.8 Å². The lowest BCUT2D eigenvalue weighted by Gasteiger charge is -2.29. The predicted octanol–water partition coefficient (Wildman–Crippen LogP) is 3.48. The van der Waals surface area contributed by atoms with Crippen molar-refractivity contribution in [1.29, 1.82) is 0 Å². The molecule has 1 saturated carbocycles. The lowest BCUT2D eigenvalue weighted by Crippen LogP contribution is -2.41. The summed E-state index contributed by atoms with van der Waals surface area (Å²) in [5, 5.41) is 3.18. The van der Waals surface area contributed by atoms with E-state index in [1.54, 1.807) is 18.9 Å². The van der Waals surface area contributed by atoms with Gasteiger partial charge in [0.05, 0.1) is 12.9 Å². The van der Waals surface area contributed by atoms with Crippen LogP contribution in [-0.4, -0.2) is 24.8 Å². The maximum absolute atomic E-state index is 12.0. The number of carbonyl (C=O) groups excluding carboxylic acids is 1. The third-order valence-electron chi connectivity index (χ3n) is 3.89. The molecule has 0 aromatic heterocycles. The second-order valence-corrected chi connectivity index (χ2v) is 6.45. The van der Waals surface area contributed by atoms with Crippen molar-refractivity contribution < 1.29 is 9.53 Å². The maximum Gasteiger partial charge on any atom is 0.230 e.